The van der Waals surface area contributed by atoms with Gasteiger partial charge in [-0.15, -0.1) is 10.2 Å². The molecule has 1 aliphatic rings. The van der Waals surface area contributed by atoms with Crippen molar-refractivity contribution in [2.75, 3.05) is 4.90 Å². The molecule has 6 heteroatoms. The summed E-state index contributed by atoms with van der Waals surface area (Å²) in [5.74, 6) is -0.244. The van der Waals surface area contributed by atoms with Gasteiger partial charge in [-0.3, -0.25) is 9.59 Å². The van der Waals surface area contributed by atoms with Crippen LogP contribution in [0.1, 0.15) is 20.7 Å². The summed E-state index contributed by atoms with van der Waals surface area (Å²) in [6.07, 6.45) is 1.24. The van der Waals surface area contributed by atoms with E-state index in [4.69, 9.17) is 4.42 Å². The van der Waals surface area contributed by atoms with Gasteiger partial charge in [0.2, 0.25) is 12.3 Å². The molecule has 2 heterocycles. The summed E-state index contributed by atoms with van der Waals surface area (Å²) in [4.78, 5) is 25.9. The van der Waals surface area contributed by atoms with Crippen molar-refractivity contribution in [2.45, 2.75) is 0 Å². The predicted octanol–water partition coefficient (Wildman–Crippen LogP) is 2.54. The normalized spacial score (nSPS) is 13.5. The molecule has 0 fully saturated rings. The molecule has 0 saturated carbocycles. The molecule has 0 spiro atoms. The van der Waals surface area contributed by atoms with Crippen molar-refractivity contribution in [3.8, 4) is 11.5 Å². The van der Waals surface area contributed by atoms with Crippen LogP contribution in [0.2, 0.25) is 0 Å². The molecule has 0 bridgehead atoms. The zero-order valence-electron chi connectivity index (χ0n) is 11.3. The number of carbonyl (C=O) groups is 2. The fraction of sp³-hybridized carbons (Fsp3) is 0. The van der Waals surface area contributed by atoms with E-state index < -0.39 is 0 Å². The SMILES string of the molecule is O=C1c2ccccc2C(=O)N1c1ccc(-c2nnco2)cc1. The number of hydrogen-bond donors (Lipinski definition) is 0. The molecule has 0 unspecified atom stereocenters. The highest BCUT2D eigenvalue weighted by Crippen LogP contribution is 2.29. The van der Waals surface area contributed by atoms with Gasteiger partial charge in [-0.1, -0.05) is 12.1 Å². The summed E-state index contributed by atoms with van der Waals surface area (Å²) in [5, 5.41) is 7.43. The second kappa shape index (κ2) is 4.63. The lowest BCUT2D eigenvalue weighted by Gasteiger charge is -2.13. The Morgan fingerprint density at radius 1 is 0.864 bits per heavy atom. The van der Waals surface area contributed by atoms with E-state index in [9.17, 15) is 9.59 Å². The van der Waals surface area contributed by atoms with Crippen LogP contribution in [0.25, 0.3) is 11.5 Å². The van der Waals surface area contributed by atoms with Crippen LogP contribution in [0.3, 0.4) is 0 Å². The van der Waals surface area contributed by atoms with Crippen molar-refractivity contribution < 1.29 is 14.0 Å². The van der Waals surface area contributed by atoms with Gasteiger partial charge in [0.15, 0.2) is 0 Å². The van der Waals surface area contributed by atoms with Crippen LogP contribution in [0.15, 0.2) is 59.3 Å². The number of fused-ring (bicyclic) bond motifs is 1. The molecule has 2 aromatic carbocycles. The molecule has 4 rings (SSSR count). The Bertz CT molecular complexity index is 835. The van der Waals surface area contributed by atoms with Gasteiger partial charge in [0.25, 0.3) is 11.8 Å². The number of hydrogen-bond acceptors (Lipinski definition) is 5. The molecule has 1 aliphatic heterocycles. The molecule has 22 heavy (non-hydrogen) atoms. The molecule has 1 aromatic heterocycles. The van der Waals surface area contributed by atoms with Gasteiger partial charge in [-0.25, -0.2) is 4.90 Å². The second-order valence-corrected chi connectivity index (χ2v) is 4.78. The van der Waals surface area contributed by atoms with Crippen LogP contribution in [-0.4, -0.2) is 22.0 Å². The highest BCUT2D eigenvalue weighted by Gasteiger charge is 2.36. The third-order valence-electron chi connectivity index (χ3n) is 3.53. The Labute approximate surface area is 125 Å². The molecule has 0 N–H and O–H groups in total. The summed E-state index contributed by atoms with van der Waals surface area (Å²) in [6, 6.07) is 13.6. The van der Waals surface area contributed by atoms with Crippen LogP contribution in [-0.2, 0) is 0 Å². The van der Waals surface area contributed by atoms with E-state index in [1.165, 1.54) is 11.3 Å². The quantitative estimate of drug-likeness (QED) is 0.678. The summed E-state index contributed by atoms with van der Waals surface area (Å²) in [5.41, 5.74) is 2.08. The molecular formula is C16H9N3O3. The average Bonchev–Trinajstić information content (AvgIpc) is 3.17. The Balaban J connectivity index is 1.72. The van der Waals surface area contributed by atoms with E-state index in [2.05, 4.69) is 10.2 Å². The molecule has 0 radical (unpaired) electrons. The summed E-state index contributed by atoms with van der Waals surface area (Å²) in [6.45, 7) is 0. The van der Waals surface area contributed by atoms with Crippen molar-refractivity contribution in [1.29, 1.82) is 0 Å². The van der Waals surface area contributed by atoms with Crippen LogP contribution in [0.4, 0.5) is 5.69 Å². The van der Waals surface area contributed by atoms with E-state index in [-0.39, 0.29) is 11.8 Å². The lowest BCUT2D eigenvalue weighted by atomic mass is 10.1. The largest absolute Gasteiger partial charge is 0.423 e. The second-order valence-electron chi connectivity index (χ2n) is 4.78. The first-order valence-corrected chi connectivity index (χ1v) is 6.60. The van der Waals surface area contributed by atoms with Crippen molar-refractivity contribution in [2.24, 2.45) is 0 Å². The smallest absolute Gasteiger partial charge is 0.266 e. The topological polar surface area (TPSA) is 76.3 Å². The standard InChI is InChI=1S/C16H9N3O3/c20-15-12-3-1-2-4-13(12)16(21)19(15)11-7-5-10(6-8-11)14-18-17-9-22-14/h1-9H. The number of benzene rings is 2. The number of aromatic nitrogens is 2. The first-order chi connectivity index (χ1) is 10.8. The Morgan fingerprint density at radius 2 is 1.50 bits per heavy atom. The fourth-order valence-electron chi connectivity index (χ4n) is 2.48. The van der Waals surface area contributed by atoms with E-state index in [0.29, 0.717) is 22.7 Å². The summed E-state index contributed by atoms with van der Waals surface area (Å²) >= 11 is 0. The molecule has 0 atom stereocenters. The first-order valence-electron chi connectivity index (χ1n) is 6.60. The summed E-state index contributed by atoms with van der Waals surface area (Å²) in [7, 11) is 0. The lowest BCUT2D eigenvalue weighted by molar-refractivity contribution is 0.0926. The number of imide groups is 1. The highest BCUT2D eigenvalue weighted by molar-refractivity contribution is 6.34. The maximum Gasteiger partial charge on any atom is 0.266 e. The van der Waals surface area contributed by atoms with Gasteiger partial charge in [0.1, 0.15) is 0 Å². The van der Waals surface area contributed by atoms with Crippen molar-refractivity contribution >= 4 is 17.5 Å². The lowest BCUT2D eigenvalue weighted by Crippen LogP contribution is -2.29. The third-order valence-corrected chi connectivity index (χ3v) is 3.53. The number of carbonyl (C=O) groups excluding carboxylic acids is 2. The van der Waals surface area contributed by atoms with Gasteiger partial charge in [0.05, 0.1) is 16.8 Å². The monoisotopic (exact) mass is 291 g/mol. The number of nitrogens with zero attached hydrogens (tertiary/aromatic N) is 3. The van der Waals surface area contributed by atoms with Gasteiger partial charge >= 0.3 is 0 Å². The molecule has 106 valence electrons. The molecule has 0 aliphatic carbocycles. The number of amides is 2. The van der Waals surface area contributed by atoms with Crippen LogP contribution in [0, 0.1) is 0 Å². The van der Waals surface area contributed by atoms with Crippen molar-refractivity contribution in [3.63, 3.8) is 0 Å². The highest BCUT2D eigenvalue weighted by atomic mass is 16.4. The van der Waals surface area contributed by atoms with Gasteiger partial charge in [0, 0.05) is 5.56 Å². The van der Waals surface area contributed by atoms with Crippen LogP contribution < -0.4 is 4.90 Å². The zero-order chi connectivity index (χ0) is 15.1. The first kappa shape index (κ1) is 12.5. The van der Waals surface area contributed by atoms with Crippen molar-refractivity contribution in [1.82, 2.24) is 10.2 Å². The van der Waals surface area contributed by atoms with E-state index in [1.807, 2.05) is 0 Å². The van der Waals surface area contributed by atoms with Gasteiger partial charge < -0.3 is 4.42 Å². The zero-order valence-corrected chi connectivity index (χ0v) is 11.3. The Morgan fingerprint density at radius 3 is 2.05 bits per heavy atom. The van der Waals surface area contributed by atoms with Crippen molar-refractivity contribution in [3.05, 3.63) is 66.1 Å². The minimum atomic E-state index is -0.314. The maximum atomic E-state index is 12.4. The average molecular weight is 291 g/mol. The Hall–Kier alpha value is -3.28. The van der Waals surface area contributed by atoms with Gasteiger partial charge in [-0.05, 0) is 36.4 Å². The van der Waals surface area contributed by atoms with E-state index >= 15 is 0 Å². The molecule has 6 nitrogen and oxygen atoms in total. The number of anilines is 1. The summed E-state index contributed by atoms with van der Waals surface area (Å²) < 4.78 is 5.11. The molecule has 3 aromatic rings. The fourth-order valence-corrected chi connectivity index (χ4v) is 2.48. The van der Waals surface area contributed by atoms with E-state index in [1.54, 1.807) is 48.5 Å². The molecular weight excluding hydrogens is 282 g/mol. The van der Waals surface area contributed by atoms with E-state index in [0.717, 1.165) is 5.56 Å². The molecule has 2 amide bonds. The molecule has 0 saturated heterocycles. The minimum Gasteiger partial charge on any atom is -0.423 e. The van der Waals surface area contributed by atoms with Crippen LogP contribution in [0.5, 0.6) is 0 Å². The number of rotatable bonds is 2. The van der Waals surface area contributed by atoms with Crippen LogP contribution >= 0.6 is 0 Å². The maximum absolute atomic E-state index is 12.4. The third kappa shape index (κ3) is 1.74. The predicted molar refractivity (Wildman–Crippen MR) is 77.3 cm³/mol. The minimum absolute atomic E-state index is 0.314. The Kier molecular flexibility index (Phi) is 2.62. The van der Waals surface area contributed by atoms with Gasteiger partial charge in [-0.2, -0.15) is 0 Å².